The van der Waals surface area contributed by atoms with E-state index in [1.807, 2.05) is 0 Å². The molecule has 2 rings (SSSR count). The lowest BCUT2D eigenvalue weighted by atomic mass is 9.84. The Balaban J connectivity index is 1.76. The van der Waals surface area contributed by atoms with Crippen LogP contribution in [-0.2, 0) is 0 Å². The maximum absolute atomic E-state index is 10.2. The minimum Gasteiger partial charge on any atom is -0.392 e. The Morgan fingerprint density at radius 3 is 2.31 bits per heavy atom. The van der Waals surface area contributed by atoms with Gasteiger partial charge in [0.15, 0.2) is 0 Å². The van der Waals surface area contributed by atoms with Gasteiger partial charge in [0.25, 0.3) is 0 Å². The molecule has 0 heterocycles. The van der Waals surface area contributed by atoms with Crippen molar-refractivity contribution in [1.29, 1.82) is 0 Å². The summed E-state index contributed by atoms with van der Waals surface area (Å²) in [6.07, 6.45) is 6.54. The lowest BCUT2D eigenvalue weighted by molar-refractivity contribution is 0.0324. The molecule has 2 heteroatoms. The molecule has 2 fully saturated rings. The van der Waals surface area contributed by atoms with E-state index < -0.39 is 0 Å². The van der Waals surface area contributed by atoms with Crippen molar-refractivity contribution >= 4 is 0 Å². The summed E-state index contributed by atoms with van der Waals surface area (Å²) in [6.45, 7) is 6.72. The second-order valence-electron chi connectivity index (χ2n) is 6.75. The van der Waals surface area contributed by atoms with Crippen LogP contribution in [0.2, 0.25) is 0 Å². The molecule has 2 aliphatic rings. The van der Waals surface area contributed by atoms with E-state index in [2.05, 4.69) is 25.8 Å². The molecule has 2 unspecified atom stereocenters. The minimum atomic E-state index is -0.101. The van der Waals surface area contributed by atoms with Crippen LogP contribution >= 0.6 is 0 Å². The number of rotatable bonds is 4. The van der Waals surface area contributed by atoms with Gasteiger partial charge in [0.05, 0.1) is 6.10 Å². The van der Waals surface area contributed by atoms with E-state index in [1.54, 1.807) is 0 Å². The topological polar surface area (TPSA) is 23.5 Å². The molecule has 0 aliphatic heterocycles. The van der Waals surface area contributed by atoms with Crippen molar-refractivity contribution in [2.24, 2.45) is 17.3 Å². The first kappa shape index (κ1) is 12.4. The van der Waals surface area contributed by atoms with Crippen molar-refractivity contribution in [3.8, 4) is 0 Å². The summed E-state index contributed by atoms with van der Waals surface area (Å²) in [5.74, 6) is 1.44. The monoisotopic (exact) mass is 225 g/mol. The molecule has 0 radical (unpaired) electrons. The Hall–Kier alpha value is -0.0800. The van der Waals surface area contributed by atoms with Gasteiger partial charge in [0.2, 0.25) is 0 Å². The highest BCUT2D eigenvalue weighted by molar-refractivity contribution is 4.92. The van der Waals surface area contributed by atoms with E-state index in [4.69, 9.17) is 0 Å². The van der Waals surface area contributed by atoms with Crippen molar-refractivity contribution < 1.29 is 5.11 Å². The Morgan fingerprint density at radius 1 is 1.19 bits per heavy atom. The highest BCUT2D eigenvalue weighted by Gasteiger charge is 2.40. The number of aliphatic hydroxyl groups is 1. The van der Waals surface area contributed by atoms with Gasteiger partial charge in [-0.2, -0.15) is 0 Å². The average Bonchev–Trinajstić information content (AvgIpc) is 2.39. The van der Waals surface area contributed by atoms with Crippen LogP contribution in [0.15, 0.2) is 0 Å². The molecule has 0 aromatic carbocycles. The molecule has 0 bridgehead atoms. The Bertz CT molecular complexity index is 235. The molecule has 0 spiro atoms. The third kappa shape index (κ3) is 2.60. The Kier molecular flexibility index (Phi) is 3.60. The van der Waals surface area contributed by atoms with E-state index in [-0.39, 0.29) is 11.5 Å². The van der Waals surface area contributed by atoms with Crippen molar-refractivity contribution in [2.45, 2.75) is 52.1 Å². The molecule has 16 heavy (non-hydrogen) atoms. The molecule has 2 atom stereocenters. The molecule has 0 aromatic rings. The van der Waals surface area contributed by atoms with Gasteiger partial charge in [-0.05, 0) is 50.0 Å². The maximum Gasteiger partial charge on any atom is 0.0631 e. The van der Waals surface area contributed by atoms with Crippen molar-refractivity contribution in [3.63, 3.8) is 0 Å². The highest BCUT2D eigenvalue weighted by Crippen LogP contribution is 2.41. The molecule has 1 N–H and O–H groups in total. The Labute approximate surface area is 100 Å². The normalized spacial score (nSPS) is 34.3. The SMILES string of the molecule is CN(CC1CCC1)CC1CCC(C)(C)C1O. The molecule has 0 aromatic heterocycles. The number of aliphatic hydroxyl groups excluding tert-OH is 1. The van der Waals surface area contributed by atoms with Gasteiger partial charge in [-0.25, -0.2) is 0 Å². The smallest absolute Gasteiger partial charge is 0.0631 e. The molecule has 2 saturated carbocycles. The van der Waals surface area contributed by atoms with Gasteiger partial charge in [-0.1, -0.05) is 20.3 Å². The van der Waals surface area contributed by atoms with Gasteiger partial charge < -0.3 is 10.0 Å². The first-order valence-corrected chi connectivity index (χ1v) is 6.85. The van der Waals surface area contributed by atoms with Gasteiger partial charge >= 0.3 is 0 Å². The second-order valence-corrected chi connectivity index (χ2v) is 6.75. The van der Waals surface area contributed by atoms with Crippen LogP contribution in [0.4, 0.5) is 0 Å². The zero-order valence-corrected chi connectivity index (χ0v) is 11.1. The summed E-state index contributed by atoms with van der Waals surface area (Å²) in [5.41, 5.74) is 0.141. The summed E-state index contributed by atoms with van der Waals surface area (Å²) in [5, 5.41) is 10.2. The predicted octanol–water partition coefficient (Wildman–Crippen LogP) is 2.52. The zero-order valence-electron chi connectivity index (χ0n) is 11.1. The Morgan fingerprint density at radius 2 is 1.88 bits per heavy atom. The van der Waals surface area contributed by atoms with E-state index >= 15 is 0 Å². The summed E-state index contributed by atoms with van der Waals surface area (Å²) in [7, 11) is 2.22. The summed E-state index contributed by atoms with van der Waals surface area (Å²) in [4.78, 5) is 2.44. The lowest BCUT2D eigenvalue weighted by Gasteiger charge is -2.33. The largest absolute Gasteiger partial charge is 0.392 e. The second kappa shape index (κ2) is 4.66. The van der Waals surface area contributed by atoms with Gasteiger partial charge in [-0.3, -0.25) is 0 Å². The van der Waals surface area contributed by atoms with Gasteiger partial charge in [0, 0.05) is 13.1 Å². The highest BCUT2D eigenvalue weighted by atomic mass is 16.3. The quantitative estimate of drug-likeness (QED) is 0.794. The molecule has 0 saturated heterocycles. The third-order valence-electron chi connectivity index (χ3n) is 4.75. The molecule has 2 aliphatic carbocycles. The predicted molar refractivity (Wildman–Crippen MR) is 67.3 cm³/mol. The third-order valence-corrected chi connectivity index (χ3v) is 4.75. The fourth-order valence-electron chi connectivity index (χ4n) is 3.28. The van der Waals surface area contributed by atoms with E-state index in [9.17, 15) is 5.11 Å². The van der Waals surface area contributed by atoms with E-state index in [0.717, 1.165) is 12.5 Å². The van der Waals surface area contributed by atoms with Crippen LogP contribution in [0.1, 0.15) is 46.0 Å². The molecule has 0 amide bonds. The van der Waals surface area contributed by atoms with Gasteiger partial charge in [0.1, 0.15) is 0 Å². The lowest BCUT2D eigenvalue weighted by Crippen LogP contribution is -2.37. The maximum atomic E-state index is 10.2. The number of hydrogen-bond donors (Lipinski definition) is 1. The molecule has 94 valence electrons. The van der Waals surface area contributed by atoms with E-state index in [0.29, 0.717) is 5.92 Å². The fourth-order valence-corrected chi connectivity index (χ4v) is 3.28. The van der Waals surface area contributed by atoms with E-state index in [1.165, 1.54) is 38.6 Å². The average molecular weight is 225 g/mol. The molecular formula is C14H27NO. The van der Waals surface area contributed by atoms with Crippen molar-refractivity contribution in [2.75, 3.05) is 20.1 Å². The van der Waals surface area contributed by atoms with Gasteiger partial charge in [-0.15, -0.1) is 0 Å². The standard InChI is InChI=1S/C14H27NO/c1-14(2)8-7-12(13(14)16)10-15(3)9-11-5-4-6-11/h11-13,16H,4-10H2,1-3H3. The fraction of sp³-hybridized carbons (Fsp3) is 1.00. The minimum absolute atomic E-state index is 0.101. The van der Waals surface area contributed by atoms with Crippen molar-refractivity contribution in [3.05, 3.63) is 0 Å². The number of nitrogens with zero attached hydrogens (tertiary/aromatic N) is 1. The van der Waals surface area contributed by atoms with Crippen LogP contribution in [0.25, 0.3) is 0 Å². The van der Waals surface area contributed by atoms with Crippen LogP contribution in [0.5, 0.6) is 0 Å². The summed E-state index contributed by atoms with van der Waals surface area (Å²) >= 11 is 0. The van der Waals surface area contributed by atoms with Crippen LogP contribution in [-0.4, -0.2) is 36.2 Å². The first-order valence-electron chi connectivity index (χ1n) is 6.85. The summed E-state index contributed by atoms with van der Waals surface area (Å²) < 4.78 is 0. The van der Waals surface area contributed by atoms with Crippen LogP contribution in [0.3, 0.4) is 0 Å². The molecule has 2 nitrogen and oxygen atoms in total. The number of hydrogen-bond acceptors (Lipinski definition) is 2. The van der Waals surface area contributed by atoms with Crippen LogP contribution in [0, 0.1) is 17.3 Å². The molecular weight excluding hydrogens is 198 g/mol. The van der Waals surface area contributed by atoms with Crippen LogP contribution < -0.4 is 0 Å². The summed E-state index contributed by atoms with van der Waals surface area (Å²) in [6, 6.07) is 0. The zero-order chi connectivity index (χ0) is 11.8. The first-order chi connectivity index (χ1) is 7.49. The van der Waals surface area contributed by atoms with Crippen molar-refractivity contribution in [1.82, 2.24) is 4.90 Å².